The molecule has 4 nitrogen and oxygen atoms in total. The van der Waals surface area contributed by atoms with Crippen LogP contribution in [0.25, 0.3) is 0 Å². The summed E-state index contributed by atoms with van der Waals surface area (Å²) in [7, 11) is 0. The fraction of sp³-hybridized carbons (Fsp3) is 0.500. The summed E-state index contributed by atoms with van der Waals surface area (Å²) in [5, 5.41) is 17.9. The number of fused-ring (bicyclic) bond motifs is 1. The van der Waals surface area contributed by atoms with E-state index in [0.717, 1.165) is 50.0 Å². The highest BCUT2D eigenvalue weighted by atomic mass is 16.4. The summed E-state index contributed by atoms with van der Waals surface area (Å²) < 4.78 is 0. The van der Waals surface area contributed by atoms with Crippen LogP contribution < -0.4 is 0 Å². The number of benzene rings is 1. The SMILES string of the molecule is O=C(O)c1cccc2c1CCN(CCCCO)C2. The third kappa shape index (κ3) is 2.89. The molecule has 0 bridgehead atoms. The Morgan fingerprint density at radius 1 is 1.33 bits per heavy atom. The summed E-state index contributed by atoms with van der Waals surface area (Å²) in [6.07, 6.45) is 2.62. The summed E-state index contributed by atoms with van der Waals surface area (Å²) in [6.45, 7) is 2.94. The monoisotopic (exact) mass is 249 g/mol. The lowest BCUT2D eigenvalue weighted by molar-refractivity contribution is 0.0694. The number of nitrogens with zero attached hydrogens (tertiary/aromatic N) is 1. The lowest BCUT2D eigenvalue weighted by Crippen LogP contribution is -2.32. The number of aliphatic hydroxyl groups excluding tert-OH is 1. The summed E-state index contributed by atoms with van der Waals surface area (Å²) in [5.74, 6) is -0.833. The van der Waals surface area contributed by atoms with Crippen LogP contribution in [0.2, 0.25) is 0 Å². The van der Waals surface area contributed by atoms with Crippen molar-refractivity contribution in [3.8, 4) is 0 Å². The summed E-state index contributed by atoms with van der Waals surface area (Å²) in [5.41, 5.74) is 2.57. The van der Waals surface area contributed by atoms with Crippen molar-refractivity contribution < 1.29 is 15.0 Å². The summed E-state index contributed by atoms with van der Waals surface area (Å²) >= 11 is 0. The van der Waals surface area contributed by atoms with E-state index in [1.807, 2.05) is 12.1 Å². The Morgan fingerprint density at radius 2 is 2.17 bits per heavy atom. The van der Waals surface area contributed by atoms with Gasteiger partial charge in [0.15, 0.2) is 0 Å². The molecule has 1 aliphatic heterocycles. The Bertz CT molecular complexity index is 431. The van der Waals surface area contributed by atoms with Gasteiger partial charge in [-0.2, -0.15) is 0 Å². The highest BCUT2D eigenvalue weighted by Gasteiger charge is 2.20. The minimum absolute atomic E-state index is 0.244. The van der Waals surface area contributed by atoms with Crippen molar-refractivity contribution in [2.45, 2.75) is 25.8 Å². The normalized spacial score (nSPS) is 15.4. The molecule has 2 rings (SSSR count). The van der Waals surface area contributed by atoms with Gasteiger partial charge in [0.05, 0.1) is 5.56 Å². The maximum absolute atomic E-state index is 11.1. The molecule has 1 aliphatic rings. The predicted octanol–water partition coefficient (Wildman–Crippen LogP) is 1.52. The third-order valence-electron chi connectivity index (χ3n) is 3.46. The van der Waals surface area contributed by atoms with E-state index in [2.05, 4.69) is 4.90 Å². The number of aliphatic hydroxyl groups is 1. The van der Waals surface area contributed by atoms with Gasteiger partial charge in [-0.15, -0.1) is 0 Å². The molecular weight excluding hydrogens is 230 g/mol. The number of carboxylic acids is 1. The lowest BCUT2D eigenvalue weighted by Gasteiger charge is -2.29. The van der Waals surface area contributed by atoms with Crippen molar-refractivity contribution >= 4 is 5.97 Å². The van der Waals surface area contributed by atoms with Crippen LogP contribution in [0.3, 0.4) is 0 Å². The van der Waals surface area contributed by atoms with Crippen LogP contribution in [0.4, 0.5) is 0 Å². The van der Waals surface area contributed by atoms with Crippen LogP contribution in [0.1, 0.15) is 34.3 Å². The number of hydrogen-bond donors (Lipinski definition) is 2. The quantitative estimate of drug-likeness (QED) is 0.777. The van der Waals surface area contributed by atoms with Gasteiger partial charge in [-0.3, -0.25) is 4.90 Å². The van der Waals surface area contributed by atoms with Crippen LogP contribution in [0.15, 0.2) is 18.2 Å². The lowest BCUT2D eigenvalue weighted by atomic mass is 9.94. The molecule has 4 heteroatoms. The van der Waals surface area contributed by atoms with Crippen molar-refractivity contribution in [3.63, 3.8) is 0 Å². The molecule has 1 aromatic carbocycles. The first kappa shape index (κ1) is 13.1. The Morgan fingerprint density at radius 3 is 2.89 bits per heavy atom. The van der Waals surface area contributed by atoms with Gasteiger partial charge in [0.1, 0.15) is 0 Å². The average molecular weight is 249 g/mol. The molecule has 1 aromatic rings. The smallest absolute Gasteiger partial charge is 0.335 e. The highest BCUT2D eigenvalue weighted by Crippen LogP contribution is 2.22. The van der Waals surface area contributed by atoms with Crippen LogP contribution in [-0.4, -0.2) is 40.8 Å². The van der Waals surface area contributed by atoms with E-state index in [9.17, 15) is 4.79 Å². The minimum atomic E-state index is -0.833. The Hall–Kier alpha value is -1.39. The second kappa shape index (κ2) is 5.98. The molecule has 0 amide bonds. The maximum Gasteiger partial charge on any atom is 0.335 e. The molecule has 98 valence electrons. The van der Waals surface area contributed by atoms with Gasteiger partial charge < -0.3 is 10.2 Å². The van der Waals surface area contributed by atoms with Gasteiger partial charge in [0.25, 0.3) is 0 Å². The molecule has 0 unspecified atom stereocenters. The molecule has 1 heterocycles. The number of carbonyl (C=O) groups is 1. The number of hydrogen-bond acceptors (Lipinski definition) is 3. The number of rotatable bonds is 5. The fourth-order valence-electron chi connectivity index (χ4n) is 2.51. The zero-order chi connectivity index (χ0) is 13.0. The number of carboxylic acid groups (broad SMARTS) is 1. The first-order valence-corrected chi connectivity index (χ1v) is 6.39. The fourth-order valence-corrected chi connectivity index (χ4v) is 2.51. The summed E-state index contributed by atoms with van der Waals surface area (Å²) in [6, 6.07) is 5.52. The number of aromatic carboxylic acids is 1. The molecule has 0 aliphatic carbocycles. The Labute approximate surface area is 107 Å². The van der Waals surface area contributed by atoms with Crippen LogP contribution >= 0.6 is 0 Å². The molecule has 18 heavy (non-hydrogen) atoms. The first-order valence-electron chi connectivity index (χ1n) is 6.39. The van der Waals surface area contributed by atoms with Crippen molar-refractivity contribution in [3.05, 3.63) is 34.9 Å². The largest absolute Gasteiger partial charge is 0.478 e. The molecular formula is C14H19NO3. The molecule has 0 fully saturated rings. The third-order valence-corrected chi connectivity index (χ3v) is 3.46. The van der Waals surface area contributed by atoms with Crippen molar-refractivity contribution in [2.24, 2.45) is 0 Å². The molecule has 0 aromatic heterocycles. The average Bonchev–Trinajstić information content (AvgIpc) is 2.38. The van der Waals surface area contributed by atoms with Crippen LogP contribution in [0, 0.1) is 0 Å². The number of unbranched alkanes of at least 4 members (excludes halogenated alkanes) is 1. The molecule has 0 atom stereocenters. The van der Waals surface area contributed by atoms with E-state index >= 15 is 0 Å². The molecule has 0 radical (unpaired) electrons. The van der Waals surface area contributed by atoms with Gasteiger partial charge in [0.2, 0.25) is 0 Å². The van der Waals surface area contributed by atoms with Gasteiger partial charge in [-0.1, -0.05) is 12.1 Å². The van der Waals surface area contributed by atoms with E-state index in [1.165, 1.54) is 0 Å². The second-order valence-corrected chi connectivity index (χ2v) is 4.71. The van der Waals surface area contributed by atoms with Crippen molar-refractivity contribution in [2.75, 3.05) is 19.7 Å². The Kier molecular flexibility index (Phi) is 4.33. The molecule has 0 saturated heterocycles. The van der Waals surface area contributed by atoms with E-state index in [-0.39, 0.29) is 6.61 Å². The zero-order valence-corrected chi connectivity index (χ0v) is 10.4. The molecule has 2 N–H and O–H groups in total. The van der Waals surface area contributed by atoms with Crippen molar-refractivity contribution in [1.82, 2.24) is 4.90 Å². The highest BCUT2D eigenvalue weighted by molar-refractivity contribution is 5.89. The van der Waals surface area contributed by atoms with Gasteiger partial charge >= 0.3 is 5.97 Å². The molecule has 0 spiro atoms. The van der Waals surface area contributed by atoms with Gasteiger partial charge in [0, 0.05) is 19.7 Å². The van der Waals surface area contributed by atoms with E-state index in [0.29, 0.717) is 5.56 Å². The van der Waals surface area contributed by atoms with E-state index in [4.69, 9.17) is 10.2 Å². The van der Waals surface area contributed by atoms with Crippen LogP contribution in [0.5, 0.6) is 0 Å². The topological polar surface area (TPSA) is 60.8 Å². The van der Waals surface area contributed by atoms with Crippen LogP contribution in [-0.2, 0) is 13.0 Å². The molecule has 0 saturated carbocycles. The van der Waals surface area contributed by atoms with Crippen molar-refractivity contribution in [1.29, 1.82) is 0 Å². The van der Waals surface area contributed by atoms with E-state index < -0.39 is 5.97 Å². The summed E-state index contributed by atoms with van der Waals surface area (Å²) in [4.78, 5) is 13.4. The first-order chi connectivity index (χ1) is 8.72. The maximum atomic E-state index is 11.1. The Balaban J connectivity index is 2.06. The second-order valence-electron chi connectivity index (χ2n) is 4.71. The minimum Gasteiger partial charge on any atom is -0.478 e. The standard InChI is InChI=1S/C14H19NO3/c16-9-2-1-7-15-8-6-12-11(10-15)4-3-5-13(12)14(17)18/h3-5,16H,1-2,6-10H2,(H,17,18). The van der Waals surface area contributed by atoms with Gasteiger partial charge in [-0.05, 0) is 43.0 Å². The van der Waals surface area contributed by atoms with E-state index in [1.54, 1.807) is 6.07 Å². The zero-order valence-electron chi connectivity index (χ0n) is 10.4. The predicted molar refractivity (Wildman–Crippen MR) is 68.7 cm³/mol. The van der Waals surface area contributed by atoms with Gasteiger partial charge in [-0.25, -0.2) is 4.79 Å².